The van der Waals surface area contributed by atoms with Crippen LogP contribution in [0, 0.1) is 6.92 Å². The smallest absolute Gasteiger partial charge is 0.328 e. The maximum Gasteiger partial charge on any atom is 0.328 e. The average Bonchev–Trinajstić information content (AvgIpc) is 2.96. The van der Waals surface area contributed by atoms with Crippen LogP contribution in [0.4, 0.5) is 0 Å². The normalized spacial score (nSPS) is 23.2. The highest BCUT2D eigenvalue weighted by Gasteiger charge is 2.51. The van der Waals surface area contributed by atoms with Gasteiger partial charge in [-0.05, 0) is 37.8 Å². The summed E-state index contributed by atoms with van der Waals surface area (Å²) in [6.45, 7) is 2.25. The lowest BCUT2D eigenvalue weighted by Gasteiger charge is -2.38. The van der Waals surface area contributed by atoms with Crippen molar-refractivity contribution < 1.29 is 9.53 Å². The molecule has 3 heterocycles. The zero-order chi connectivity index (χ0) is 19.0. The van der Waals surface area contributed by atoms with Crippen LogP contribution in [-0.4, -0.2) is 33.0 Å². The molecule has 27 heavy (non-hydrogen) atoms. The van der Waals surface area contributed by atoms with Crippen LogP contribution < -0.4 is 21.3 Å². The molecule has 2 aromatic heterocycles. The monoisotopic (exact) mass is 370 g/mol. The van der Waals surface area contributed by atoms with Crippen molar-refractivity contribution in [1.29, 1.82) is 0 Å². The van der Waals surface area contributed by atoms with E-state index in [2.05, 4.69) is 20.3 Å². The number of aromatic nitrogens is 3. The quantitative estimate of drug-likeness (QED) is 0.752. The van der Waals surface area contributed by atoms with Crippen LogP contribution in [0.25, 0.3) is 0 Å². The third-order valence-electron chi connectivity index (χ3n) is 5.63. The van der Waals surface area contributed by atoms with Gasteiger partial charge in [0.15, 0.2) is 0 Å². The molecule has 3 N–H and O–H groups in total. The maximum atomic E-state index is 12.4. The van der Waals surface area contributed by atoms with E-state index in [1.54, 1.807) is 12.3 Å². The summed E-state index contributed by atoms with van der Waals surface area (Å²) >= 11 is 0. The predicted octanol–water partition coefficient (Wildman–Crippen LogP) is 1.38. The number of aryl methyl sites for hydroxylation is 1. The second-order valence-corrected chi connectivity index (χ2v) is 7.29. The van der Waals surface area contributed by atoms with Gasteiger partial charge in [0.2, 0.25) is 5.88 Å². The molecule has 1 saturated carbocycles. The first kappa shape index (κ1) is 17.5. The Bertz CT molecular complexity index is 996. The molecule has 4 rings (SSSR count). The number of nitrogens with one attached hydrogen (secondary N) is 3. The van der Waals surface area contributed by atoms with Gasteiger partial charge in [-0.1, -0.05) is 12.5 Å². The molecule has 0 spiro atoms. The van der Waals surface area contributed by atoms with Crippen molar-refractivity contribution in [2.45, 2.75) is 50.5 Å². The minimum atomic E-state index is -0.565. The largest absolute Gasteiger partial charge is 0.471 e. The Kier molecular flexibility index (Phi) is 4.33. The van der Waals surface area contributed by atoms with Gasteiger partial charge in [0.1, 0.15) is 11.3 Å². The molecule has 8 heteroatoms. The van der Waals surface area contributed by atoms with Crippen LogP contribution in [-0.2, 0) is 0 Å². The van der Waals surface area contributed by atoms with Gasteiger partial charge < -0.3 is 10.1 Å². The van der Waals surface area contributed by atoms with Crippen LogP contribution in [0.15, 0.2) is 27.9 Å². The van der Waals surface area contributed by atoms with Crippen LogP contribution in [0.2, 0.25) is 0 Å². The second-order valence-electron chi connectivity index (χ2n) is 7.29. The van der Waals surface area contributed by atoms with Crippen molar-refractivity contribution in [3.05, 3.63) is 56.0 Å². The maximum absolute atomic E-state index is 12.4. The Morgan fingerprint density at radius 2 is 2.22 bits per heavy atom. The van der Waals surface area contributed by atoms with Gasteiger partial charge in [-0.3, -0.25) is 24.5 Å². The third kappa shape index (κ3) is 3.05. The number of pyridine rings is 1. The minimum absolute atomic E-state index is 0.0738. The Morgan fingerprint density at radius 3 is 3.04 bits per heavy atom. The van der Waals surface area contributed by atoms with Crippen molar-refractivity contribution in [1.82, 2.24) is 20.3 Å². The predicted molar refractivity (Wildman–Crippen MR) is 98.2 cm³/mol. The molecule has 0 saturated heterocycles. The number of carbonyl (C=O) groups excluding carboxylic acids is 1. The lowest BCUT2D eigenvalue weighted by Crippen LogP contribution is -2.44. The number of aromatic amines is 2. The van der Waals surface area contributed by atoms with Crippen molar-refractivity contribution in [2.75, 3.05) is 6.54 Å². The summed E-state index contributed by atoms with van der Waals surface area (Å²) < 4.78 is 6.13. The highest BCUT2D eigenvalue weighted by Crippen LogP contribution is 2.51. The second kappa shape index (κ2) is 6.68. The molecule has 0 aromatic carbocycles. The Labute approximate surface area is 155 Å². The molecule has 2 atom stereocenters. The summed E-state index contributed by atoms with van der Waals surface area (Å²) in [6.07, 6.45) is 5.76. The molecular formula is C19H22N4O4. The van der Waals surface area contributed by atoms with E-state index in [9.17, 15) is 14.4 Å². The fourth-order valence-electron chi connectivity index (χ4n) is 4.36. The fourth-order valence-corrected chi connectivity index (χ4v) is 4.36. The van der Waals surface area contributed by atoms with Crippen molar-refractivity contribution >= 4 is 5.91 Å². The topological polar surface area (TPSA) is 117 Å². The summed E-state index contributed by atoms with van der Waals surface area (Å²) in [5.41, 5.74) is 0.247. The first-order valence-corrected chi connectivity index (χ1v) is 9.25. The summed E-state index contributed by atoms with van der Waals surface area (Å²) in [4.78, 5) is 45.3. The van der Waals surface area contributed by atoms with E-state index < -0.39 is 11.3 Å². The molecule has 8 nitrogen and oxygen atoms in total. The molecule has 1 fully saturated rings. The van der Waals surface area contributed by atoms with Crippen LogP contribution in [0.3, 0.4) is 0 Å². The third-order valence-corrected chi connectivity index (χ3v) is 5.63. The summed E-state index contributed by atoms with van der Waals surface area (Å²) in [7, 11) is 0. The average molecular weight is 370 g/mol. The molecule has 142 valence electrons. The fraction of sp³-hybridized carbons (Fsp3) is 0.474. The van der Waals surface area contributed by atoms with Gasteiger partial charge in [0.25, 0.3) is 11.5 Å². The number of hydrogen-bond acceptors (Lipinski definition) is 5. The van der Waals surface area contributed by atoms with Gasteiger partial charge in [0.05, 0.1) is 5.56 Å². The molecule has 2 aliphatic rings. The van der Waals surface area contributed by atoms with Crippen LogP contribution >= 0.6 is 0 Å². The zero-order valence-corrected chi connectivity index (χ0v) is 15.1. The molecule has 0 bridgehead atoms. The lowest BCUT2D eigenvalue weighted by atomic mass is 9.72. The van der Waals surface area contributed by atoms with Crippen LogP contribution in [0.5, 0.6) is 5.88 Å². The highest BCUT2D eigenvalue weighted by molar-refractivity contribution is 5.93. The van der Waals surface area contributed by atoms with E-state index in [-0.39, 0.29) is 23.3 Å². The van der Waals surface area contributed by atoms with E-state index in [1.807, 2.05) is 13.0 Å². The number of amides is 1. The van der Waals surface area contributed by atoms with Crippen molar-refractivity contribution in [3.8, 4) is 5.88 Å². The summed E-state index contributed by atoms with van der Waals surface area (Å²) in [6, 6.07) is 3.64. The Balaban J connectivity index is 1.52. The SMILES string of the molecule is Cc1cccnc1C(=O)NCC[C@@]12CCCC[C@@H]1c1c([nH]c(=O)[nH]c1=O)O2. The van der Waals surface area contributed by atoms with Crippen LogP contribution in [0.1, 0.15) is 59.6 Å². The summed E-state index contributed by atoms with van der Waals surface area (Å²) in [5, 5.41) is 2.91. The van der Waals surface area contributed by atoms with Gasteiger partial charge >= 0.3 is 5.69 Å². The van der Waals surface area contributed by atoms with Gasteiger partial charge in [-0.2, -0.15) is 0 Å². The number of ether oxygens (including phenoxy) is 1. The van der Waals surface area contributed by atoms with E-state index in [4.69, 9.17) is 4.74 Å². The van der Waals surface area contributed by atoms with Crippen molar-refractivity contribution in [3.63, 3.8) is 0 Å². The van der Waals surface area contributed by atoms with Gasteiger partial charge in [-0.15, -0.1) is 0 Å². The van der Waals surface area contributed by atoms with Crippen molar-refractivity contribution in [2.24, 2.45) is 0 Å². The zero-order valence-electron chi connectivity index (χ0n) is 15.1. The molecular weight excluding hydrogens is 348 g/mol. The van der Waals surface area contributed by atoms with Gasteiger partial charge in [0, 0.05) is 25.1 Å². The Hall–Kier alpha value is -2.90. The van der Waals surface area contributed by atoms with E-state index in [0.717, 1.165) is 31.2 Å². The molecule has 0 radical (unpaired) electrons. The first-order chi connectivity index (χ1) is 13.0. The number of fused-ring (bicyclic) bond motifs is 3. The van der Waals surface area contributed by atoms with E-state index in [0.29, 0.717) is 24.2 Å². The molecule has 2 aromatic rings. The number of hydrogen-bond donors (Lipinski definition) is 3. The highest BCUT2D eigenvalue weighted by atomic mass is 16.5. The van der Waals surface area contributed by atoms with E-state index in [1.165, 1.54) is 0 Å². The number of H-pyrrole nitrogens is 2. The standard InChI is InChI=1S/C19H22N4O4/c1-11-5-4-9-20-14(11)16(25)21-10-8-19-7-3-2-6-12(19)13-15(24)22-18(26)23-17(13)27-19/h4-5,9,12H,2-3,6-8,10H2,1H3,(H,21,25)(H2,22,23,24,26)/t12-,19+/m1/s1. The molecule has 1 amide bonds. The minimum Gasteiger partial charge on any atom is -0.471 e. The molecule has 0 unspecified atom stereocenters. The summed E-state index contributed by atoms with van der Waals surface area (Å²) in [5.74, 6) is -0.0171. The number of rotatable bonds is 4. The number of nitrogens with zero attached hydrogens (tertiary/aromatic N) is 1. The lowest BCUT2D eigenvalue weighted by molar-refractivity contribution is 0.0245. The molecule has 1 aliphatic carbocycles. The Morgan fingerprint density at radius 1 is 1.37 bits per heavy atom. The molecule has 1 aliphatic heterocycles. The van der Waals surface area contributed by atoms with E-state index >= 15 is 0 Å². The number of carbonyl (C=O) groups is 1. The first-order valence-electron chi connectivity index (χ1n) is 9.25. The van der Waals surface area contributed by atoms with Gasteiger partial charge in [-0.25, -0.2) is 4.79 Å².